The maximum atomic E-state index is 12.2. The van der Waals surface area contributed by atoms with E-state index in [2.05, 4.69) is 4.74 Å². The normalized spacial score (nSPS) is 13.2. The van der Waals surface area contributed by atoms with Gasteiger partial charge in [0.15, 0.2) is 0 Å². The van der Waals surface area contributed by atoms with Crippen LogP contribution in [0.2, 0.25) is 0 Å². The number of rotatable bonds is 4. The van der Waals surface area contributed by atoms with Crippen molar-refractivity contribution >= 4 is 16.0 Å². The molecule has 0 amide bonds. The summed E-state index contributed by atoms with van der Waals surface area (Å²) in [4.78, 5) is 10.8. The lowest BCUT2D eigenvalue weighted by Gasteiger charge is -2.25. The highest BCUT2D eigenvalue weighted by Gasteiger charge is 2.51. The Labute approximate surface area is 91.2 Å². The lowest BCUT2D eigenvalue weighted by Crippen LogP contribution is -2.47. The molecule has 96 valence electrons. The zero-order valence-corrected chi connectivity index (χ0v) is 9.72. The number of carbonyl (C=O) groups is 1. The molecule has 0 atom stereocenters. The van der Waals surface area contributed by atoms with Crippen LogP contribution in [-0.4, -0.2) is 43.9 Å². The molecule has 0 aliphatic heterocycles. The highest BCUT2D eigenvalue weighted by Crippen LogP contribution is 2.27. The summed E-state index contributed by atoms with van der Waals surface area (Å²) < 4.78 is 62.9. The molecule has 0 bridgehead atoms. The first kappa shape index (κ1) is 15.2. The van der Waals surface area contributed by atoms with E-state index < -0.39 is 34.1 Å². The third-order valence-corrected chi connectivity index (χ3v) is 3.44. The summed E-state index contributed by atoms with van der Waals surface area (Å²) in [5.41, 5.74) is -5.43. The molecule has 0 unspecified atom stereocenters. The molecule has 0 fully saturated rings. The van der Waals surface area contributed by atoms with E-state index in [4.69, 9.17) is 0 Å². The van der Waals surface area contributed by atoms with Crippen LogP contribution in [0, 0.1) is 0 Å². The number of methoxy groups -OCH3 is 1. The summed E-state index contributed by atoms with van der Waals surface area (Å²) in [5.74, 6) is -1.05. The van der Waals surface area contributed by atoms with Gasteiger partial charge in [-0.3, -0.25) is 4.79 Å². The van der Waals surface area contributed by atoms with Crippen molar-refractivity contribution < 1.29 is 31.1 Å². The second kappa shape index (κ2) is 5.00. The van der Waals surface area contributed by atoms with Gasteiger partial charge in [-0.2, -0.15) is 17.5 Å². The standard InChI is InChI=1S/C7H12F3NO4S/c1-5(2)11(4-6(12)15-3)16(13,14)7(8,9)10/h5H,4H2,1-3H3. The van der Waals surface area contributed by atoms with E-state index in [0.717, 1.165) is 7.11 Å². The predicted octanol–water partition coefficient (Wildman–Crippen LogP) is 0.719. The minimum absolute atomic E-state index is 0.0405. The summed E-state index contributed by atoms with van der Waals surface area (Å²) in [6.45, 7) is 1.49. The minimum atomic E-state index is -5.51. The van der Waals surface area contributed by atoms with Crippen molar-refractivity contribution in [3.8, 4) is 0 Å². The van der Waals surface area contributed by atoms with Gasteiger partial charge in [0.1, 0.15) is 6.54 Å². The first-order valence-electron chi connectivity index (χ1n) is 4.19. The molecular formula is C7H12F3NO4S. The van der Waals surface area contributed by atoms with Crippen LogP contribution in [0.1, 0.15) is 13.8 Å². The van der Waals surface area contributed by atoms with E-state index in [1.165, 1.54) is 13.8 Å². The fraction of sp³-hybridized carbons (Fsp3) is 0.857. The maximum absolute atomic E-state index is 12.2. The van der Waals surface area contributed by atoms with Crippen LogP contribution in [0.3, 0.4) is 0 Å². The van der Waals surface area contributed by atoms with Crippen LogP contribution < -0.4 is 0 Å². The molecule has 0 N–H and O–H groups in total. The number of ether oxygens (including phenoxy) is 1. The van der Waals surface area contributed by atoms with Crippen LogP contribution in [-0.2, 0) is 19.6 Å². The first-order chi connectivity index (χ1) is 7.04. The quantitative estimate of drug-likeness (QED) is 0.701. The van der Waals surface area contributed by atoms with Crippen LogP contribution >= 0.6 is 0 Å². The van der Waals surface area contributed by atoms with Gasteiger partial charge >= 0.3 is 21.5 Å². The van der Waals surface area contributed by atoms with Crippen LogP contribution in [0.5, 0.6) is 0 Å². The highest BCUT2D eigenvalue weighted by atomic mass is 32.2. The van der Waals surface area contributed by atoms with Gasteiger partial charge < -0.3 is 4.74 Å². The van der Waals surface area contributed by atoms with Crippen LogP contribution in [0.25, 0.3) is 0 Å². The number of esters is 1. The Morgan fingerprint density at radius 1 is 1.38 bits per heavy atom. The van der Waals surface area contributed by atoms with Crippen molar-refractivity contribution in [2.24, 2.45) is 0 Å². The van der Waals surface area contributed by atoms with Crippen LogP contribution in [0.15, 0.2) is 0 Å². The van der Waals surface area contributed by atoms with E-state index in [-0.39, 0.29) is 4.31 Å². The topological polar surface area (TPSA) is 63.7 Å². The van der Waals surface area contributed by atoms with Gasteiger partial charge in [0.25, 0.3) is 0 Å². The molecule has 16 heavy (non-hydrogen) atoms. The zero-order chi connectivity index (χ0) is 13.1. The van der Waals surface area contributed by atoms with Crippen molar-refractivity contribution in [3.63, 3.8) is 0 Å². The van der Waals surface area contributed by atoms with E-state index in [1.54, 1.807) is 0 Å². The van der Waals surface area contributed by atoms with Gasteiger partial charge in [-0.25, -0.2) is 8.42 Å². The Bertz CT molecular complexity index is 349. The fourth-order valence-corrected chi connectivity index (χ4v) is 1.97. The van der Waals surface area contributed by atoms with E-state index >= 15 is 0 Å². The van der Waals surface area contributed by atoms with Crippen molar-refractivity contribution in [1.82, 2.24) is 4.31 Å². The van der Waals surface area contributed by atoms with Gasteiger partial charge in [-0.05, 0) is 13.8 Å². The summed E-state index contributed by atoms with van der Waals surface area (Å²) in [6.07, 6.45) is 0. The summed E-state index contributed by atoms with van der Waals surface area (Å²) in [6, 6.07) is -0.995. The van der Waals surface area contributed by atoms with E-state index in [1.807, 2.05) is 0 Å². The number of sulfonamides is 1. The van der Waals surface area contributed by atoms with Crippen molar-refractivity contribution in [2.45, 2.75) is 25.4 Å². The summed E-state index contributed by atoms with van der Waals surface area (Å²) >= 11 is 0. The molecule has 0 aromatic rings. The SMILES string of the molecule is COC(=O)CN(C(C)C)S(=O)(=O)C(F)(F)F. The van der Waals surface area contributed by atoms with Gasteiger partial charge in [0, 0.05) is 6.04 Å². The average Bonchev–Trinajstić information content (AvgIpc) is 2.10. The van der Waals surface area contributed by atoms with Crippen molar-refractivity contribution in [2.75, 3.05) is 13.7 Å². The molecule has 5 nitrogen and oxygen atoms in total. The second-order valence-corrected chi connectivity index (χ2v) is 5.05. The Morgan fingerprint density at radius 2 is 1.81 bits per heavy atom. The number of nitrogens with zero attached hydrogens (tertiary/aromatic N) is 1. The Balaban J connectivity index is 5.16. The number of hydrogen-bond donors (Lipinski definition) is 0. The number of alkyl halides is 3. The van der Waals surface area contributed by atoms with Crippen molar-refractivity contribution in [3.05, 3.63) is 0 Å². The lowest BCUT2D eigenvalue weighted by atomic mass is 10.4. The molecule has 0 aliphatic rings. The molecule has 0 aromatic heterocycles. The molecule has 0 aromatic carbocycles. The maximum Gasteiger partial charge on any atom is 0.511 e. The first-order valence-corrected chi connectivity index (χ1v) is 5.63. The average molecular weight is 263 g/mol. The van der Waals surface area contributed by atoms with Gasteiger partial charge in [0.2, 0.25) is 0 Å². The highest BCUT2D eigenvalue weighted by molar-refractivity contribution is 7.90. The third kappa shape index (κ3) is 3.34. The summed E-state index contributed by atoms with van der Waals surface area (Å²) in [7, 11) is -4.55. The van der Waals surface area contributed by atoms with E-state index in [9.17, 15) is 26.4 Å². The number of hydrogen-bond acceptors (Lipinski definition) is 4. The largest absolute Gasteiger partial charge is 0.511 e. The van der Waals surface area contributed by atoms with Gasteiger partial charge in [0.05, 0.1) is 7.11 Å². The predicted molar refractivity (Wildman–Crippen MR) is 48.8 cm³/mol. The Hall–Kier alpha value is -0.830. The molecule has 0 saturated carbocycles. The fourth-order valence-electron chi connectivity index (χ4n) is 0.870. The molecular weight excluding hydrogens is 251 g/mol. The molecule has 0 rings (SSSR count). The summed E-state index contributed by atoms with van der Waals surface area (Å²) in [5, 5.41) is 0. The number of halogens is 3. The molecule has 0 heterocycles. The van der Waals surface area contributed by atoms with Gasteiger partial charge in [-0.15, -0.1) is 0 Å². The van der Waals surface area contributed by atoms with Gasteiger partial charge in [-0.1, -0.05) is 0 Å². The molecule has 0 saturated heterocycles. The number of carbonyl (C=O) groups excluding carboxylic acids is 1. The molecule has 9 heteroatoms. The Morgan fingerprint density at radius 3 is 2.06 bits per heavy atom. The lowest BCUT2D eigenvalue weighted by molar-refractivity contribution is -0.141. The minimum Gasteiger partial charge on any atom is -0.468 e. The third-order valence-electron chi connectivity index (χ3n) is 1.69. The smallest absolute Gasteiger partial charge is 0.468 e. The zero-order valence-electron chi connectivity index (χ0n) is 8.91. The molecule has 0 spiro atoms. The Kier molecular flexibility index (Phi) is 4.74. The van der Waals surface area contributed by atoms with Crippen LogP contribution in [0.4, 0.5) is 13.2 Å². The van der Waals surface area contributed by atoms with Crippen molar-refractivity contribution in [1.29, 1.82) is 0 Å². The molecule has 0 aliphatic carbocycles. The molecule has 0 radical (unpaired) electrons. The second-order valence-electron chi connectivity index (χ2n) is 3.17. The van der Waals surface area contributed by atoms with E-state index in [0.29, 0.717) is 0 Å². The monoisotopic (exact) mass is 263 g/mol.